The quantitative estimate of drug-likeness (QED) is 0.224. The zero-order valence-electron chi connectivity index (χ0n) is 13.5. The number of carbonyl (C=O) groups is 3. The van der Waals surface area contributed by atoms with Gasteiger partial charge < -0.3 is 14.2 Å². The summed E-state index contributed by atoms with van der Waals surface area (Å²) in [5, 5.41) is 0. The van der Waals surface area contributed by atoms with Crippen LogP contribution in [0.4, 0.5) is 0 Å². The van der Waals surface area contributed by atoms with Crippen molar-refractivity contribution < 1.29 is 28.6 Å². The second-order valence-electron chi connectivity index (χ2n) is 5.50. The second kappa shape index (κ2) is 9.82. The van der Waals surface area contributed by atoms with E-state index >= 15 is 0 Å². The summed E-state index contributed by atoms with van der Waals surface area (Å²) in [4.78, 5) is 35.4. The van der Waals surface area contributed by atoms with Crippen molar-refractivity contribution in [3.63, 3.8) is 0 Å². The van der Waals surface area contributed by atoms with Crippen LogP contribution >= 0.6 is 0 Å². The molecule has 1 rings (SSSR count). The monoisotopic (exact) mass is 324 g/mol. The van der Waals surface area contributed by atoms with Crippen molar-refractivity contribution in [2.75, 3.05) is 19.8 Å². The van der Waals surface area contributed by atoms with Gasteiger partial charge in [-0.25, -0.2) is 4.79 Å². The van der Waals surface area contributed by atoms with E-state index in [2.05, 4.69) is 13.2 Å². The third-order valence-electron chi connectivity index (χ3n) is 3.62. The number of esters is 3. The van der Waals surface area contributed by atoms with Crippen LogP contribution in [-0.4, -0.2) is 37.7 Å². The second-order valence-corrected chi connectivity index (χ2v) is 5.50. The summed E-state index contributed by atoms with van der Waals surface area (Å²) < 4.78 is 15.0. The summed E-state index contributed by atoms with van der Waals surface area (Å²) in [5.74, 6) is -2.34. The SMILES string of the molecule is C=CCOC(=O)C1CCCCC1C(=O)OCCOC(=O)C(=C)C. The highest BCUT2D eigenvalue weighted by atomic mass is 16.6. The van der Waals surface area contributed by atoms with E-state index in [1.54, 1.807) is 0 Å². The van der Waals surface area contributed by atoms with Gasteiger partial charge >= 0.3 is 17.9 Å². The standard InChI is InChI=1S/C17H24O6/c1-4-9-21-16(19)13-7-5-6-8-14(13)17(20)23-11-10-22-15(18)12(2)3/h4,13-14H,1-2,5-11H2,3H3. The van der Waals surface area contributed by atoms with Crippen molar-refractivity contribution in [1.29, 1.82) is 0 Å². The van der Waals surface area contributed by atoms with E-state index in [0.717, 1.165) is 12.8 Å². The molecule has 2 atom stereocenters. The summed E-state index contributed by atoms with van der Waals surface area (Å²) in [6.45, 7) is 8.55. The van der Waals surface area contributed by atoms with Gasteiger partial charge in [0, 0.05) is 5.57 Å². The van der Waals surface area contributed by atoms with Crippen LogP contribution in [0.3, 0.4) is 0 Å². The van der Waals surface area contributed by atoms with Gasteiger partial charge in [-0.1, -0.05) is 32.1 Å². The maximum atomic E-state index is 12.2. The van der Waals surface area contributed by atoms with Crippen LogP contribution in [0.2, 0.25) is 0 Å². The first-order chi connectivity index (χ1) is 11.0. The molecule has 0 amide bonds. The molecule has 1 fully saturated rings. The Labute approximate surface area is 136 Å². The number of ether oxygens (including phenoxy) is 3. The van der Waals surface area contributed by atoms with Gasteiger partial charge in [0.1, 0.15) is 19.8 Å². The van der Waals surface area contributed by atoms with E-state index in [4.69, 9.17) is 14.2 Å². The molecule has 0 heterocycles. The highest BCUT2D eigenvalue weighted by Crippen LogP contribution is 2.32. The molecule has 0 spiro atoms. The molecule has 0 N–H and O–H groups in total. The molecular formula is C17H24O6. The number of rotatable bonds is 8. The van der Waals surface area contributed by atoms with Gasteiger partial charge in [-0.2, -0.15) is 0 Å². The fraction of sp³-hybridized carbons (Fsp3) is 0.588. The topological polar surface area (TPSA) is 78.9 Å². The summed E-state index contributed by atoms with van der Waals surface area (Å²) in [5.41, 5.74) is 0.286. The Morgan fingerprint density at radius 1 is 1.00 bits per heavy atom. The van der Waals surface area contributed by atoms with Crippen LogP contribution in [0.5, 0.6) is 0 Å². The maximum absolute atomic E-state index is 12.2. The molecule has 0 bridgehead atoms. The zero-order chi connectivity index (χ0) is 17.2. The molecule has 0 aromatic heterocycles. The van der Waals surface area contributed by atoms with Crippen LogP contribution < -0.4 is 0 Å². The average molecular weight is 324 g/mol. The number of hydrogen-bond acceptors (Lipinski definition) is 6. The Balaban J connectivity index is 2.44. The minimum atomic E-state index is -0.524. The zero-order valence-corrected chi connectivity index (χ0v) is 13.5. The lowest BCUT2D eigenvalue weighted by Gasteiger charge is -2.28. The van der Waals surface area contributed by atoms with E-state index in [9.17, 15) is 14.4 Å². The largest absolute Gasteiger partial charge is 0.462 e. The molecular weight excluding hydrogens is 300 g/mol. The highest BCUT2D eigenvalue weighted by Gasteiger charge is 2.37. The highest BCUT2D eigenvalue weighted by molar-refractivity contribution is 5.87. The van der Waals surface area contributed by atoms with Crippen LogP contribution in [-0.2, 0) is 28.6 Å². The molecule has 0 aromatic rings. The van der Waals surface area contributed by atoms with Gasteiger partial charge in [-0.05, 0) is 19.8 Å². The molecule has 0 saturated heterocycles. The Morgan fingerprint density at radius 3 is 2.04 bits per heavy atom. The normalized spacial score (nSPS) is 20.2. The lowest BCUT2D eigenvalue weighted by Crippen LogP contribution is -2.35. The third-order valence-corrected chi connectivity index (χ3v) is 3.62. The minimum Gasteiger partial charge on any atom is -0.462 e. The van der Waals surface area contributed by atoms with Crippen molar-refractivity contribution in [2.45, 2.75) is 32.6 Å². The summed E-state index contributed by atoms with van der Waals surface area (Å²) in [6.07, 6.45) is 4.45. The van der Waals surface area contributed by atoms with Crippen LogP contribution in [0.15, 0.2) is 24.8 Å². The van der Waals surface area contributed by atoms with Gasteiger partial charge in [-0.15, -0.1) is 0 Å². The van der Waals surface area contributed by atoms with Crippen molar-refractivity contribution in [2.24, 2.45) is 11.8 Å². The van der Waals surface area contributed by atoms with Crippen LogP contribution in [0.25, 0.3) is 0 Å². The first-order valence-corrected chi connectivity index (χ1v) is 7.74. The Morgan fingerprint density at radius 2 is 1.52 bits per heavy atom. The van der Waals surface area contributed by atoms with E-state index in [0.29, 0.717) is 12.8 Å². The molecule has 0 aromatic carbocycles. The fourth-order valence-electron chi connectivity index (χ4n) is 2.45. The smallest absolute Gasteiger partial charge is 0.333 e. The molecule has 1 aliphatic rings. The van der Waals surface area contributed by atoms with Gasteiger partial charge in [0.15, 0.2) is 0 Å². The van der Waals surface area contributed by atoms with Gasteiger partial charge in [0.25, 0.3) is 0 Å². The van der Waals surface area contributed by atoms with Crippen molar-refractivity contribution in [3.8, 4) is 0 Å². The van der Waals surface area contributed by atoms with Crippen molar-refractivity contribution in [3.05, 3.63) is 24.8 Å². The molecule has 1 saturated carbocycles. The maximum Gasteiger partial charge on any atom is 0.333 e. The third kappa shape index (κ3) is 6.26. The van der Waals surface area contributed by atoms with E-state index in [1.165, 1.54) is 13.0 Å². The predicted octanol–water partition coefficient (Wildman–Crippen LogP) is 2.18. The lowest BCUT2D eigenvalue weighted by molar-refractivity contribution is -0.163. The Hall–Kier alpha value is -2.11. The van der Waals surface area contributed by atoms with Gasteiger partial charge in [0.05, 0.1) is 11.8 Å². The lowest BCUT2D eigenvalue weighted by atomic mass is 9.79. The molecule has 6 nitrogen and oxygen atoms in total. The molecule has 6 heteroatoms. The molecule has 23 heavy (non-hydrogen) atoms. The summed E-state index contributed by atoms with van der Waals surface area (Å²) >= 11 is 0. The van der Waals surface area contributed by atoms with E-state index in [1.807, 2.05) is 0 Å². The van der Waals surface area contributed by atoms with Gasteiger partial charge in [0.2, 0.25) is 0 Å². The Bertz CT molecular complexity index is 468. The Kier molecular flexibility index (Phi) is 8.08. The van der Waals surface area contributed by atoms with E-state index in [-0.39, 0.29) is 31.4 Å². The van der Waals surface area contributed by atoms with Crippen LogP contribution in [0, 0.1) is 11.8 Å². The number of carbonyl (C=O) groups excluding carboxylic acids is 3. The van der Waals surface area contributed by atoms with E-state index < -0.39 is 23.8 Å². The van der Waals surface area contributed by atoms with Crippen molar-refractivity contribution in [1.82, 2.24) is 0 Å². The fourth-order valence-corrected chi connectivity index (χ4v) is 2.45. The average Bonchev–Trinajstić information content (AvgIpc) is 2.55. The molecule has 1 aliphatic carbocycles. The molecule has 0 radical (unpaired) electrons. The first-order valence-electron chi connectivity index (χ1n) is 7.74. The van der Waals surface area contributed by atoms with Crippen molar-refractivity contribution >= 4 is 17.9 Å². The number of hydrogen-bond donors (Lipinski definition) is 0. The van der Waals surface area contributed by atoms with Crippen LogP contribution in [0.1, 0.15) is 32.6 Å². The molecule has 128 valence electrons. The minimum absolute atomic E-state index is 0.0320. The predicted molar refractivity (Wildman–Crippen MR) is 83.3 cm³/mol. The molecule has 0 aliphatic heterocycles. The molecule has 2 unspecified atom stereocenters. The van der Waals surface area contributed by atoms with Gasteiger partial charge in [-0.3, -0.25) is 9.59 Å². The summed E-state index contributed by atoms with van der Waals surface area (Å²) in [7, 11) is 0. The first kappa shape index (κ1) is 18.9. The summed E-state index contributed by atoms with van der Waals surface area (Å²) in [6, 6.07) is 0.